The first kappa shape index (κ1) is 18.8. The van der Waals surface area contributed by atoms with Gasteiger partial charge >= 0.3 is 6.18 Å². The fourth-order valence-electron chi connectivity index (χ4n) is 2.24. The van der Waals surface area contributed by atoms with Crippen molar-refractivity contribution in [2.75, 3.05) is 0 Å². The van der Waals surface area contributed by atoms with Gasteiger partial charge in [0.25, 0.3) is 5.91 Å². The Morgan fingerprint density at radius 1 is 1.22 bits per heavy atom. The molecule has 2 aromatic heterocycles. The molecule has 140 valence electrons. The van der Waals surface area contributed by atoms with Crippen LogP contribution in [0, 0.1) is 0 Å². The molecule has 6 nitrogen and oxygen atoms in total. The Morgan fingerprint density at radius 3 is 2.59 bits per heavy atom. The topological polar surface area (TPSA) is 80.9 Å². The first-order valence-corrected chi connectivity index (χ1v) is 8.05. The highest BCUT2D eigenvalue weighted by Gasteiger charge is 2.32. The molecule has 1 aromatic carbocycles. The van der Waals surface area contributed by atoms with E-state index in [2.05, 4.69) is 20.4 Å². The maximum atomic E-state index is 12.8. The van der Waals surface area contributed by atoms with E-state index in [9.17, 15) is 18.0 Å². The quantitative estimate of drug-likeness (QED) is 0.711. The van der Waals surface area contributed by atoms with Crippen LogP contribution in [0.5, 0.6) is 0 Å². The first-order chi connectivity index (χ1) is 12.8. The van der Waals surface area contributed by atoms with E-state index in [4.69, 9.17) is 16.1 Å². The highest BCUT2D eigenvalue weighted by Crippen LogP contribution is 2.32. The lowest BCUT2D eigenvalue weighted by Crippen LogP contribution is -2.27. The summed E-state index contributed by atoms with van der Waals surface area (Å²) >= 11 is 5.87. The monoisotopic (exact) mass is 396 g/mol. The van der Waals surface area contributed by atoms with E-state index < -0.39 is 23.7 Å². The molecule has 0 unspecified atom stereocenters. The van der Waals surface area contributed by atoms with Crippen LogP contribution in [0.25, 0.3) is 11.4 Å². The number of aromatic nitrogens is 3. The van der Waals surface area contributed by atoms with E-state index in [1.54, 1.807) is 31.5 Å². The molecule has 2 heterocycles. The van der Waals surface area contributed by atoms with Gasteiger partial charge < -0.3 is 9.84 Å². The van der Waals surface area contributed by atoms with Gasteiger partial charge in [-0.1, -0.05) is 16.8 Å². The van der Waals surface area contributed by atoms with E-state index in [1.165, 1.54) is 0 Å². The van der Waals surface area contributed by atoms with Crippen molar-refractivity contribution < 1.29 is 22.5 Å². The second-order valence-electron chi connectivity index (χ2n) is 5.58. The number of hydrogen-bond donors (Lipinski definition) is 1. The fraction of sp³-hybridized carbons (Fsp3) is 0.176. The largest absolute Gasteiger partial charge is 0.416 e. The van der Waals surface area contributed by atoms with Crippen molar-refractivity contribution in [3.8, 4) is 11.4 Å². The van der Waals surface area contributed by atoms with Crippen LogP contribution in [0.1, 0.15) is 34.8 Å². The molecule has 1 N–H and O–H groups in total. The second-order valence-corrected chi connectivity index (χ2v) is 5.99. The Hall–Kier alpha value is -2.94. The first-order valence-electron chi connectivity index (χ1n) is 7.67. The summed E-state index contributed by atoms with van der Waals surface area (Å²) in [5.74, 6) is -0.397. The Labute approximate surface area is 156 Å². The van der Waals surface area contributed by atoms with Crippen LogP contribution in [-0.2, 0) is 6.18 Å². The Bertz CT molecular complexity index is 960. The van der Waals surface area contributed by atoms with Gasteiger partial charge in [0.05, 0.1) is 16.1 Å². The normalized spacial score (nSPS) is 12.6. The molecular formula is C17H12ClF3N4O2. The van der Waals surface area contributed by atoms with Gasteiger partial charge in [-0.3, -0.25) is 9.78 Å². The Kier molecular flexibility index (Phi) is 5.13. The number of hydrogen-bond acceptors (Lipinski definition) is 5. The third-order valence-electron chi connectivity index (χ3n) is 3.64. The Balaban J connectivity index is 1.78. The lowest BCUT2D eigenvalue weighted by molar-refractivity contribution is -0.137. The number of carbonyl (C=O) groups is 1. The van der Waals surface area contributed by atoms with Gasteiger partial charge in [-0.25, -0.2) is 0 Å². The Morgan fingerprint density at radius 2 is 1.93 bits per heavy atom. The van der Waals surface area contributed by atoms with Gasteiger partial charge in [0.15, 0.2) is 0 Å². The van der Waals surface area contributed by atoms with Crippen LogP contribution in [-0.4, -0.2) is 21.0 Å². The van der Waals surface area contributed by atoms with Gasteiger partial charge in [-0.2, -0.15) is 18.2 Å². The average molecular weight is 397 g/mol. The summed E-state index contributed by atoms with van der Waals surface area (Å²) in [6, 6.07) is 5.15. The van der Waals surface area contributed by atoms with Crippen LogP contribution in [0.4, 0.5) is 13.2 Å². The van der Waals surface area contributed by atoms with Gasteiger partial charge in [-0.15, -0.1) is 0 Å². The van der Waals surface area contributed by atoms with Crippen molar-refractivity contribution >= 4 is 17.5 Å². The summed E-state index contributed by atoms with van der Waals surface area (Å²) in [6.45, 7) is 1.56. The highest BCUT2D eigenvalue weighted by molar-refractivity contribution is 6.33. The smallest absolute Gasteiger partial charge is 0.340 e. The van der Waals surface area contributed by atoms with Crippen molar-refractivity contribution in [3.63, 3.8) is 0 Å². The fourth-order valence-corrected chi connectivity index (χ4v) is 2.44. The number of pyridine rings is 1. The summed E-state index contributed by atoms with van der Waals surface area (Å²) in [4.78, 5) is 20.4. The molecule has 3 aromatic rings. The van der Waals surface area contributed by atoms with Crippen LogP contribution in [0.2, 0.25) is 5.02 Å². The maximum absolute atomic E-state index is 12.8. The summed E-state index contributed by atoms with van der Waals surface area (Å²) in [5.41, 5.74) is -0.603. The maximum Gasteiger partial charge on any atom is 0.416 e. The lowest BCUT2D eigenvalue weighted by Gasteiger charge is -2.13. The number of amides is 1. The predicted molar refractivity (Wildman–Crippen MR) is 89.9 cm³/mol. The van der Waals surface area contributed by atoms with Gasteiger partial charge in [0.2, 0.25) is 11.7 Å². The van der Waals surface area contributed by atoms with Crippen LogP contribution in [0.15, 0.2) is 47.2 Å². The molecule has 0 radical (unpaired) electrons. The molecule has 0 saturated heterocycles. The van der Waals surface area contributed by atoms with Crippen LogP contribution < -0.4 is 5.32 Å². The highest BCUT2D eigenvalue weighted by atomic mass is 35.5. The number of halogens is 4. The summed E-state index contributed by atoms with van der Waals surface area (Å²) in [5, 5.41) is 6.21. The molecule has 0 spiro atoms. The summed E-state index contributed by atoms with van der Waals surface area (Å²) < 4.78 is 43.6. The predicted octanol–water partition coefficient (Wildman–Crippen LogP) is 4.29. The van der Waals surface area contributed by atoms with Gasteiger partial charge in [-0.05, 0) is 37.3 Å². The summed E-state index contributed by atoms with van der Waals surface area (Å²) in [6.07, 6.45) is -1.46. The van der Waals surface area contributed by atoms with Crippen LogP contribution in [0.3, 0.4) is 0 Å². The summed E-state index contributed by atoms with van der Waals surface area (Å²) in [7, 11) is 0. The lowest BCUT2D eigenvalue weighted by atomic mass is 10.1. The molecule has 1 atom stereocenters. The number of benzene rings is 1. The van der Waals surface area contributed by atoms with Crippen molar-refractivity contribution in [3.05, 3.63) is 64.8 Å². The molecule has 1 amide bonds. The van der Waals surface area contributed by atoms with E-state index >= 15 is 0 Å². The van der Waals surface area contributed by atoms with Crippen molar-refractivity contribution in [2.24, 2.45) is 0 Å². The molecule has 0 aliphatic carbocycles. The van der Waals surface area contributed by atoms with E-state index in [1.807, 2.05) is 0 Å². The molecule has 0 bridgehead atoms. The van der Waals surface area contributed by atoms with Gasteiger partial charge in [0, 0.05) is 18.0 Å². The number of rotatable bonds is 4. The van der Waals surface area contributed by atoms with Crippen LogP contribution >= 0.6 is 11.6 Å². The number of alkyl halides is 3. The molecule has 0 saturated carbocycles. The van der Waals surface area contributed by atoms with Gasteiger partial charge in [0.1, 0.15) is 6.04 Å². The minimum atomic E-state index is -4.59. The standard InChI is InChI=1S/C17H12ClF3N4O2/c1-9(16-24-14(25-27-16)10-4-6-22-7-5-10)23-15(26)12-8-11(17(19,20)21)2-3-13(12)18/h2-9H,1H3,(H,23,26)/t9-/m0/s1. The third-order valence-corrected chi connectivity index (χ3v) is 3.97. The second kappa shape index (κ2) is 7.36. The minimum Gasteiger partial charge on any atom is -0.340 e. The number of nitrogens with zero attached hydrogens (tertiary/aromatic N) is 3. The van der Waals surface area contributed by atoms with Crippen molar-refractivity contribution in [2.45, 2.75) is 19.1 Å². The third kappa shape index (κ3) is 4.25. The molecule has 10 heteroatoms. The molecular weight excluding hydrogens is 385 g/mol. The van der Waals surface area contributed by atoms with Crippen molar-refractivity contribution in [1.29, 1.82) is 0 Å². The molecule has 3 rings (SSSR count). The molecule has 0 aliphatic rings. The molecule has 0 fully saturated rings. The number of carbonyl (C=O) groups excluding carboxylic acids is 1. The zero-order valence-corrected chi connectivity index (χ0v) is 14.5. The number of nitrogens with one attached hydrogen (secondary N) is 1. The average Bonchev–Trinajstić information content (AvgIpc) is 3.12. The van der Waals surface area contributed by atoms with E-state index in [0.29, 0.717) is 17.5 Å². The van der Waals surface area contributed by atoms with Crippen molar-refractivity contribution in [1.82, 2.24) is 20.4 Å². The molecule has 0 aliphatic heterocycles. The van der Waals surface area contributed by atoms with E-state index in [-0.39, 0.29) is 16.5 Å². The molecule has 27 heavy (non-hydrogen) atoms. The zero-order valence-electron chi connectivity index (χ0n) is 13.8. The van der Waals surface area contributed by atoms with E-state index in [0.717, 1.165) is 12.1 Å². The SMILES string of the molecule is C[C@H](NC(=O)c1cc(C(F)(F)F)ccc1Cl)c1nc(-c2ccncc2)no1. The minimum absolute atomic E-state index is 0.0956. The zero-order chi connectivity index (χ0) is 19.6.